The number of nitro groups is 1. The molecule has 0 radical (unpaired) electrons. The van der Waals surface area contributed by atoms with Crippen LogP contribution in [0, 0.1) is 10.1 Å². The first-order valence-electron chi connectivity index (χ1n) is 6.58. The number of rotatable bonds is 5. The molecule has 1 aromatic rings. The van der Waals surface area contributed by atoms with Crippen LogP contribution in [0.5, 0.6) is 0 Å². The third-order valence-corrected chi connectivity index (χ3v) is 3.18. The van der Waals surface area contributed by atoms with E-state index in [2.05, 4.69) is 10.6 Å². The first-order valence-corrected chi connectivity index (χ1v) is 6.58. The number of nitrogens with one attached hydrogen (secondary N) is 2. The number of hydrogen-bond acceptors (Lipinski definition) is 4. The van der Waals surface area contributed by atoms with Gasteiger partial charge < -0.3 is 10.6 Å². The highest BCUT2D eigenvalue weighted by Gasteiger charge is 2.22. The Labute approximate surface area is 117 Å². The van der Waals surface area contributed by atoms with Gasteiger partial charge in [0.15, 0.2) is 0 Å². The number of carbonyl (C=O) groups excluding carboxylic acids is 1. The van der Waals surface area contributed by atoms with Gasteiger partial charge in [-0.05, 0) is 31.4 Å². The number of allylic oxidation sites excluding steroid dienone is 1. The largest absolute Gasteiger partial charge is 0.379 e. The van der Waals surface area contributed by atoms with Crippen molar-refractivity contribution in [1.29, 1.82) is 0 Å². The fourth-order valence-corrected chi connectivity index (χ4v) is 2.17. The first kappa shape index (κ1) is 14.0. The Balaban J connectivity index is 2.25. The Bertz CT molecular complexity index is 567. The number of amides is 1. The molecule has 0 aromatic heterocycles. The lowest BCUT2D eigenvalue weighted by molar-refractivity contribution is -0.383. The summed E-state index contributed by atoms with van der Waals surface area (Å²) in [6.45, 7) is 2.57. The average molecular weight is 275 g/mol. The minimum Gasteiger partial charge on any atom is -0.379 e. The van der Waals surface area contributed by atoms with Crippen molar-refractivity contribution in [2.24, 2.45) is 0 Å². The van der Waals surface area contributed by atoms with E-state index in [9.17, 15) is 14.9 Å². The molecule has 1 aliphatic rings. The van der Waals surface area contributed by atoms with Crippen LogP contribution in [0.2, 0.25) is 0 Å². The van der Waals surface area contributed by atoms with Crippen molar-refractivity contribution < 1.29 is 9.72 Å². The van der Waals surface area contributed by atoms with Crippen LogP contribution in [0.3, 0.4) is 0 Å². The van der Waals surface area contributed by atoms with Gasteiger partial charge in [0.25, 0.3) is 5.69 Å². The second-order valence-corrected chi connectivity index (χ2v) is 4.62. The van der Waals surface area contributed by atoms with E-state index in [-0.39, 0.29) is 11.6 Å². The van der Waals surface area contributed by atoms with Crippen molar-refractivity contribution in [2.45, 2.75) is 26.2 Å². The highest BCUT2D eigenvalue weighted by molar-refractivity contribution is 5.95. The summed E-state index contributed by atoms with van der Waals surface area (Å²) in [5, 5.41) is 16.9. The van der Waals surface area contributed by atoms with Crippen molar-refractivity contribution in [3.8, 4) is 0 Å². The van der Waals surface area contributed by atoms with Crippen LogP contribution in [0.1, 0.15) is 25.3 Å². The summed E-state index contributed by atoms with van der Waals surface area (Å²) in [4.78, 5) is 22.0. The Morgan fingerprint density at radius 1 is 1.45 bits per heavy atom. The molecule has 0 saturated carbocycles. The van der Waals surface area contributed by atoms with E-state index in [1.165, 1.54) is 6.07 Å². The zero-order chi connectivity index (χ0) is 14.5. The summed E-state index contributed by atoms with van der Waals surface area (Å²) in [6.07, 6.45) is 5.78. The van der Waals surface area contributed by atoms with E-state index in [0.29, 0.717) is 30.8 Å². The van der Waals surface area contributed by atoms with Gasteiger partial charge in [-0.1, -0.05) is 12.2 Å². The second-order valence-electron chi connectivity index (χ2n) is 4.62. The first-order chi connectivity index (χ1) is 9.61. The molecule has 0 saturated heterocycles. The number of carbonyl (C=O) groups is 1. The molecular weight excluding hydrogens is 258 g/mol. The average Bonchev–Trinajstić information content (AvgIpc) is 2.42. The molecule has 1 aliphatic heterocycles. The minimum atomic E-state index is -0.432. The number of benzene rings is 1. The molecule has 0 spiro atoms. The van der Waals surface area contributed by atoms with Crippen LogP contribution in [0.4, 0.5) is 17.1 Å². The van der Waals surface area contributed by atoms with E-state index in [1.807, 2.05) is 19.1 Å². The standard InChI is InChI=1S/C14H17N3O3/c1-2-3-4-7-15-12-8-10-5-6-14(18)16-11(10)9-13(12)17(19)20/h2-3,8-9,15H,4-7H2,1H3,(H,16,18)/b3-2+. The van der Waals surface area contributed by atoms with Crippen molar-refractivity contribution in [3.05, 3.63) is 40.0 Å². The highest BCUT2D eigenvalue weighted by Crippen LogP contribution is 2.34. The van der Waals surface area contributed by atoms with Crippen molar-refractivity contribution in [2.75, 3.05) is 17.2 Å². The number of nitro benzene ring substituents is 1. The zero-order valence-corrected chi connectivity index (χ0v) is 11.3. The third kappa shape index (κ3) is 3.14. The molecule has 2 rings (SSSR count). The van der Waals surface area contributed by atoms with Crippen LogP contribution in [0.25, 0.3) is 0 Å². The van der Waals surface area contributed by atoms with E-state index < -0.39 is 4.92 Å². The molecule has 1 heterocycles. The van der Waals surface area contributed by atoms with Crippen molar-refractivity contribution in [3.63, 3.8) is 0 Å². The molecule has 6 heteroatoms. The molecule has 0 atom stereocenters. The molecule has 6 nitrogen and oxygen atoms in total. The van der Waals surface area contributed by atoms with E-state index in [4.69, 9.17) is 0 Å². The van der Waals surface area contributed by atoms with Gasteiger partial charge in [0.2, 0.25) is 5.91 Å². The van der Waals surface area contributed by atoms with Gasteiger partial charge in [-0.15, -0.1) is 0 Å². The molecule has 0 unspecified atom stereocenters. The van der Waals surface area contributed by atoms with Gasteiger partial charge in [-0.2, -0.15) is 0 Å². The van der Waals surface area contributed by atoms with Gasteiger partial charge in [-0.25, -0.2) is 0 Å². The molecule has 2 N–H and O–H groups in total. The molecular formula is C14H17N3O3. The summed E-state index contributed by atoms with van der Waals surface area (Å²) >= 11 is 0. The maximum absolute atomic E-state index is 11.3. The van der Waals surface area contributed by atoms with Gasteiger partial charge in [0, 0.05) is 19.0 Å². The molecule has 0 fully saturated rings. The summed E-state index contributed by atoms with van der Waals surface area (Å²) < 4.78 is 0. The number of hydrogen-bond donors (Lipinski definition) is 2. The number of fused-ring (bicyclic) bond motifs is 1. The minimum absolute atomic E-state index is 0.00794. The molecule has 20 heavy (non-hydrogen) atoms. The molecule has 1 aromatic carbocycles. The normalized spacial score (nSPS) is 13.9. The topological polar surface area (TPSA) is 84.3 Å². The Morgan fingerprint density at radius 2 is 2.25 bits per heavy atom. The van der Waals surface area contributed by atoms with Crippen LogP contribution in [-0.4, -0.2) is 17.4 Å². The second kappa shape index (κ2) is 6.18. The van der Waals surface area contributed by atoms with Crippen LogP contribution in [-0.2, 0) is 11.2 Å². The quantitative estimate of drug-likeness (QED) is 0.374. The summed E-state index contributed by atoms with van der Waals surface area (Å²) in [7, 11) is 0. The zero-order valence-electron chi connectivity index (χ0n) is 11.3. The lowest BCUT2D eigenvalue weighted by Gasteiger charge is -2.18. The number of anilines is 2. The number of nitrogens with zero attached hydrogens (tertiary/aromatic N) is 1. The van der Waals surface area contributed by atoms with Gasteiger partial charge in [-0.3, -0.25) is 14.9 Å². The number of aryl methyl sites for hydroxylation is 1. The third-order valence-electron chi connectivity index (χ3n) is 3.18. The fraction of sp³-hybridized carbons (Fsp3) is 0.357. The van der Waals surface area contributed by atoms with Crippen molar-refractivity contribution in [1.82, 2.24) is 0 Å². The van der Waals surface area contributed by atoms with Crippen LogP contribution < -0.4 is 10.6 Å². The lowest BCUT2D eigenvalue weighted by atomic mass is 10.0. The van der Waals surface area contributed by atoms with E-state index in [1.54, 1.807) is 6.07 Å². The summed E-state index contributed by atoms with van der Waals surface area (Å²) in [5.74, 6) is -0.0967. The monoisotopic (exact) mass is 275 g/mol. The van der Waals surface area contributed by atoms with Gasteiger partial charge >= 0.3 is 0 Å². The van der Waals surface area contributed by atoms with Gasteiger partial charge in [0.1, 0.15) is 5.69 Å². The lowest BCUT2D eigenvalue weighted by Crippen LogP contribution is -2.19. The maximum atomic E-state index is 11.3. The highest BCUT2D eigenvalue weighted by atomic mass is 16.6. The molecule has 0 aliphatic carbocycles. The maximum Gasteiger partial charge on any atom is 0.294 e. The Hall–Kier alpha value is -2.37. The SMILES string of the molecule is C/C=C/CCNc1cc2c(cc1[N+](=O)[O-])NC(=O)CC2. The molecule has 0 bridgehead atoms. The van der Waals surface area contributed by atoms with Crippen molar-refractivity contribution >= 4 is 23.0 Å². The van der Waals surface area contributed by atoms with E-state index >= 15 is 0 Å². The van der Waals surface area contributed by atoms with Gasteiger partial charge in [0.05, 0.1) is 10.6 Å². The summed E-state index contributed by atoms with van der Waals surface area (Å²) in [5.41, 5.74) is 1.98. The molecule has 106 valence electrons. The Morgan fingerprint density at radius 3 is 2.95 bits per heavy atom. The van der Waals surface area contributed by atoms with Crippen LogP contribution >= 0.6 is 0 Å². The summed E-state index contributed by atoms with van der Waals surface area (Å²) in [6, 6.07) is 3.20. The Kier molecular flexibility index (Phi) is 4.34. The van der Waals surface area contributed by atoms with E-state index in [0.717, 1.165) is 12.0 Å². The predicted octanol–water partition coefficient (Wildman–Crippen LogP) is 2.86. The smallest absolute Gasteiger partial charge is 0.294 e. The molecule has 1 amide bonds. The van der Waals surface area contributed by atoms with Crippen LogP contribution in [0.15, 0.2) is 24.3 Å². The fourth-order valence-electron chi connectivity index (χ4n) is 2.17. The predicted molar refractivity (Wildman–Crippen MR) is 78.0 cm³/mol.